The SMILES string of the molecule is CCCC(NC(=O)Cc1c(C)nc(=O)[nH]c1C)C(=O)O. The van der Waals surface area contributed by atoms with Crippen LogP contribution in [-0.4, -0.2) is 33.0 Å². The van der Waals surface area contributed by atoms with Gasteiger partial charge >= 0.3 is 11.7 Å². The average Bonchev–Trinajstić information content (AvgIpc) is 2.33. The molecule has 0 saturated carbocycles. The maximum Gasteiger partial charge on any atom is 0.345 e. The van der Waals surface area contributed by atoms with Gasteiger partial charge in [-0.3, -0.25) is 4.79 Å². The van der Waals surface area contributed by atoms with Crippen LogP contribution in [0.5, 0.6) is 0 Å². The standard InChI is InChI=1S/C13H19N3O4/c1-4-5-10(12(18)19)16-11(17)6-9-7(2)14-13(20)15-8(9)3/h10H,4-6H2,1-3H3,(H,16,17)(H,18,19)(H,14,15,20). The first kappa shape index (κ1) is 15.9. The summed E-state index contributed by atoms with van der Waals surface area (Å²) >= 11 is 0. The molecule has 7 heteroatoms. The van der Waals surface area contributed by atoms with Crippen LogP contribution >= 0.6 is 0 Å². The zero-order chi connectivity index (χ0) is 15.3. The number of H-pyrrole nitrogens is 1. The van der Waals surface area contributed by atoms with E-state index in [0.29, 0.717) is 29.8 Å². The van der Waals surface area contributed by atoms with Gasteiger partial charge in [-0.2, -0.15) is 4.98 Å². The molecule has 0 aliphatic heterocycles. The van der Waals surface area contributed by atoms with Gasteiger partial charge in [-0.1, -0.05) is 13.3 Å². The Kier molecular flexibility index (Phi) is 5.42. The Morgan fingerprint density at radius 1 is 1.40 bits per heavy atom. The van der Waals surface area contributed by atoms with Crippen LogP contribution in [0, 0.1) is 13.8 Å². The molecule has 7 nitrogen and oxygen atoms in total. The van der Waals surface area contributed by atoms with Gasteiger partial charge in [0.25, 0.3) is 0 Å². The lowest BCUT2D eigenvalue weighted by Gasteiger charge is -2.14. The highest BCUT2D eigenvalue weighted by Crippen LogP contribution is 2.08. The Hall–Kier alpha value is -2.18. The van der Waals surface area contributed by atoms with Crippen LogP contribution in [0.3, 0.4) is 0 Å². The molecule has 3 N–H and O–H groups in total. The van der Waals surface area contributed by atoms with Crippen molar-refractivity contribution in [1.29, 1.82) is 0 Å². The third-order valence-electron chi connectivity index (χ3n) is 3.00. The summed E-state index contributed by atoms with van der Waals surface area (Å²) in [5.41, 5.74) is 1.20. The van der Waals surface area contributed by atoms with Crippen molar-refractivity contribution in [1.82, 2.24) is 15.3 Å². The molecular weight excluding hydrogens is 262 g/mol. The van der Waals surface area contributed by atoms with Crippen molar-refractivity contribution < 1.29 is 14.7 Å². The highest BCUT2D eigenvalue weighted by Gasteiger charge is 2.20. The van der Waals surface area contributed by atoms with E-state index in [4.69, 9.17) is 5.11 Å². The molecule has 1 rings (SSSR count). The Labute approximate surface area is 116 Å². The number of rotatable bonds is 6. The molecule has 1 aromatic rings. The molecule has 20 heavy (non-hydrogen) atoms. The largest absolute Gasteiger partial charge is 0.480 e. The second-order valence-electron chi connectivity index (χ2n) is 4.65. The van der Waals surface area contributed by atoms with E-state index in [-0.39, 0.29) is 6.42 Å². The molecule has 1 amide bonds. The van der Waals surface area contributed by atoms with E-state index in [0.717, 1.165) is 0 Å². The molecular formula is C13H19N3O4. The van der Waals surface area contributed by atoms with Gasteiger partial charge in [0.2, 0.25) is 5.91 Å². The molecule has 0 bridgehead atoms. The number of carboxylic acid groups (broad SMARTS) is 1. The van der Waals surface area contributed by atoms with Crippen LogP contribution in [0.25, 0.3) is 0 Å². The zero-order valence-corrected chi connectivity index (χ0v) is 11.8. The van der Waals surface area contributed by atoms with Crippen LogP contribution in [-0.2, 0) is 16.0 Å². The molecule has 0 aliphatic rings. The van der Waals surface area contributed by atoms with Gasteiger partial charge in [0, 0.05) is 17.0 Å². The number of carboxylic acids is 1. The van der Waals surface area contributed by atoms with Crippen molar-refractivity contribution in [2.24, 2.45) is 0 Å². The first-order valence-corrected chi connectivity index (χ1v) is 6.43. The molecule has 1 aromatic heterocycles. The molecule has 0 saturated heterocycles. The predicted molar refractivity (Wildman–Crippen MR) is 72.5 cm³/mol. The van der Waals surface area contributed by atoms with Crippen LogP contribution in [0.1, 0.15) is 36.7 Å². The number of carbonyl (C=O) groups excluding carboxylic acids is 1. The van der Waals surface area contributed by atoms with Crippen LogP contribution < -0.4 is 11.0 Å². The summed E-state index contributed by atoms with van der Waals surface area (Å²) in [4.78, 5) is 40.3. The van der Waals surface area contributed by atoms with Crippen LogP contribution in [0.2, 0.25) is 0 Å². The van der Waals surface area contributed by atoms with Gasteiger partial charge in [0.1, 0.15) is 6.04 Å². The number of aryl methyl sites for hydroxylation is 2. The monoisotopic (exact) mass is 281 g/mol. The summed E-state index contributed by atoms with van der Waals surface area (Å²) in [6, 6.07) is -0.885. The summed E-state index contributed by atoms with van der Waals surface area (Å²) in [6.45, 7) is 5.17. The minimum Gasteiger partial charge on any atom is -0.480 e. The van der Waals surface area contributed by atoms with Crippen molar-refractivity contribution in [3.63, 3.8) is 0 Å². The maximum atomic E-state index is 11.9. The first-order valence-electron chi connectivity index (χ1n) is 6.43. The van der Waals surface area contributed by atoms with Gasteiger partial charge in [-0.05, 0) is 20.3 Å². The van der Waals surface area contributed by atoms with Crippen molar-refractivity contribution in [2.45, 2.75) is 46.1 Å². The molecule has 0 fully saturated rings. The topological polar surface area (TPSA) is 112 Å². The number of aromatic amines is 1. The van der Waals surface area contributed by atoms with Gasteiger partial charge in [0.05, 0.1) is 6.42 Å². The molecule has 0 aromatic carbocycles. The van der Waals surface area contributed by atoms with E-state index in [1.54, 1.807) is 13.8 Å². The number of nitrogens with one attached hydrogen (secondary N) is 2. The minimum atomic E-state index is -1.05. The molecule has 110 valence electrons. The van der Waals surface area contributed by atoms with Crippen LogP contribution in [0.4, 0.5) is 0 Å². The number of nitrogens with zero attached hydrogens (tertiary/aromatic N) is 1. The number of amides is 1. The van der Waals surface area contributed by atoms with Crippen molar-refractivity contribution in [3.8, 4) is 0 Å². The third kappa shape index (κ3) is 4.18. The highest BCUT2D eigenvalue weighted by atomic mass is 16.4. The highest BCUT2D eigenvalue weighted by molar-refractivity contribution is 5.85. The molecule has 0 radical (unpaired) electrons. The maximum absolute atomic E-state index is 11.9. The smallest absolute Gasteiger partial charge is 0.345 e. The Bertz CT molecular complexity index is 539. The molecule has 1 unspecified atom stereocenters. The lowest BCUT2D eigenvalue weighted by molar-refractivity contribution is -0.141. The lowest BCUT2D eigenvalue weighted by Crippen LogP contribution is -2.41. The fourth-order valence-corrected chi connectivity index (χ4v) is 1.97. The Morgan fingerprint density at radius 2 is 2.05 bits per heavy atom. The minimum absolute atomic E-state index is 0.00502. The van der Waals surface area contributed by atoms with E-state index in [2.05, 4.69) is 15.3 Å². The predicted octanol–water partition coefficient (Wildman–Crippen LogP) is 0.299. The number of aromatic nitrogens is 2. The van der Waals surface area contributed by atoms with E-state index < -0.39 is 23.6 Å². The van der Waals surface area contributed by atoms with Crippen molar-refractivity contribution in [3.05, 3.63) is 27.4 Å². The first-order chi connectivity index (χ1) is 9.35. The number of hydrogen-bond acceptors (Lipinski definition) is 4. The van der Waals surface area contributed by atoms with E-state index >= 15 is 0 Å². The summed E-state index contributed by atoms with van der Waals surface area (Å²) < 4.78 is 0. The number of aliphatic carboxylic acids is 1. The third-order valence-corrected chi connectivity index (χ3v) is 3.00. The Balaban J connectivity index is 2.81. The van der Waals surface area contributed by atoms with Gasteiger partial charge in [-0.15, -0.1) is 0 Å². The fraction of sp³-hybridized carbons (Fsp3) is 0.538. The summed E-state index contributed by atoms with van der Waals surface area (Å²) in [6.07, 6.45) is 1.04. The molecule has 0 aliphatic carbocycles. The summed E-state index contributed by atoms with van der Waals surface area (Å²) in [7, 11) is 0. The second kappa shape index (κ2) is 6.83. The van der Waals surface area contributed by atoms with E-state index in [1.807, 2.05) is 6.92 Å². The van der Waals surface area contributed by atoms with Gasteiger partial charge in [0.15, 0.2) is 0 Å². The average molecular weight is 281 g/mol. The molecule has 0 spiro atoms. The number of hydrogen-bond donors (Lipinski definition) is 3. The molecule has 1 atom stereocenters. The second-order valence-corrected chi connectivity index (χ2v) is 4.65. The fourth-order valence-electron chi connectivity index (χ4n) is 1.97. The quantitative estimate of drug-likeness (QED) is 0.694. The zero-order valence-electron chi connectivity index (χ0n) is 11.8. The van der Waals surface area contributed by atoms with Gasteiger partial charge < -0.3 is 15.4 Å². The summed E-state index contributed by atoms with van der Waals surface area (Å²) in [5, 5.41) is 11.5. The number of carbonyl (C=O) groups is 2. The van der Waals surface area contributed by atoms with Crippen molar-refractivity contribution >= 4 is 11.9 Å². The normalized spacial score (nSPS) is 11.9. The van der Waals surface area contributed by atoms with E-state index in [9.17, 15) is 14.4 Å². The summed E-state index contributed by atoms with van der Waals surface area (Å²) in [5.74, 6) is -1.45. The van der Waals surface area contributed by atoms with Gasteiger partial charge in [-0.25, -0.2) is 9.59 Å². The van der Waals surface area contributed by atoms with E-state index in [1.165, 1.54) is 0 Å². The van der Waals surface area contributed by atoms with Crippen LogP contribution in [0.15, 0.2) is 4.79 Å². The molecule has 1 heterocycles. The van der Waals surface area contributed by atoms with Crippen molar-refractivity contribution in [2.75, 3.05) is 0 Å². The Morgan fingerprint density at radius 3 is 2.55 bits per heavy atom. The lowest BCUT2D eigenvalue weighted by atomic mass is 10.1.